The highest BCUT2D eigenvalue weighted by Gasteiger charge is 2.41. The van der Waals surface area contributed by atoms with Gasteiger partial charge in [0.15, 0.2) is 0 Å². The van der Waals surface area contributed by atoms with Crippen molar-refractivity contribution in [1.29, 1.82) is 0 Å². The molecule has 2 N–H and O–H groups in total. The Hall–Kier alpha value is -1.26. The van der Waals surface area contributed by atoms with Crippen molar-refractivity contribution in [2.24, 2.45) is 11.7 Å². The van der Waals surface area contributed by atoms with E-state index < -0.39 is 0 Å². The molecule has 0 radical (unpaired) electrons. The van der Waals surface area contributed by atoms with E-state index >= 15 is 0 Å². The summed E-state index contributed by atoms with van der Waals surface area (Å²) in [5.74, 6) is 0.993. The van der Waals surface area contributed by atoms with Gasteiger partial charge >= 0.3 is 0 Å². The number of benzene rings is 1. The SMILES string of the molecule is COc1ccc2c(c1)CCN2C(=O)C1CCCCC1(C)N.Cl. The molecule has 2 unspecified atom stereocenters. The number of rotatable bonds is 2. The first-order valence-corrected chi connectivity index (χ1v) is 7.80. The van der Waals surface area contributed by atoms with E-state index in [2.05, 4.69) is 0 Å². The molecule has 0 saturated heterocycles. The Kier molecular flexibility index (Phi) is 5.03. The van der Waals surface area contributed by atoms with Gasteiger partial charge in [-0.3, -0.25) is 4.79 Å². The van der Waals surface area contributed by atoms with Crippen molar-refractivity contribution in [2.75, 3.05) is 18.6 Å². The lowest BCUT2D eigenvalue weighted by Crippen LogP contribution is -2.53. The van der Waals surface area contributed by atoms with Gasteiger partial charge in [-0.1, -0.05) is 12.8 Å². The average Bonchev–Trinajstić information content (AvgIpc) is 2.89. The van der Waals surface area contributed by atoms with Crippen LogP contribution in [0.3, 0.4) is 0 Å². The van der Waals surface area contributed by atoms with Crippen LogP contribution in [0.15, 0.2) is 18.2 Å². The predicted octanol–water partition coefficient (Wildman–Crippen LogP) is 2.91. The van der Waals surface area contributed by atoms with E-state index in [1.807, 2.05) is 30.0 Å². The summed E-state index contributed by atoms with van der Waals surface area (Å²) in [5.41, 5.74) is 8.24. The monoisotopic (exact) mass is 324 g/mol. The van der Waals surface area contributed by atoms with E-state index in [4.69, 9.17) is 10.5 Å². The number of nitrogens with two attached hydrogens (primary N) is 1. The van der Waals surface area contributed by atoms with Gasteiger partial charge in [0.05, 0.1) is 13.0 Å². The van der Waals surface area contributed by atoms with Crippen LogP contribution < -0.4 is 15.4 Å². The van der Waals surface area contributed by atoms with E-state index in [9.17, 15) is 4.79 Å². The van der Waals surface area contributed by atoms with Gasteiger partial charge in [-0.2, -0.15) is 0 Å². The van der Waals surface area contributed by atoms with Gasteiger partial charge in [0.25, 0.3) is 0 Å². The molecular weight excluding hydrogens is 300 g/mol. The molecule has 0 spiro atoms. The highest BCUT2D eigenvalue weighted by atomic mass is 35.5. The standard InChI is InChI=1S/C17H24N2O2.ClH/c1-17(18)9-4-3-5-14(17)16(20)19-10-8-12-11-13(21-2)6-7-15(12)19;/h6-7,11,14H,3-5,8-10,18H2,1-2H3;1H. The minimum atomic E-state index is -0.370. The van der Waals surface area contributed by atoms with Crippen LogP contribution in [0.5, 0.6) is 5.75 Å². The summed E-state index contributed by atoms with van der Waals surface area (Å²) in [6.07, 6.45) is 4.98. The maximum atomic E-state index is 12.9. The minimum Gasteiger partial charge on any atom is -0.497 e. The fraction of sp³-hybridized carbons (Fsp3) is 0.588. The number of ether oxygens (including phenoxy) is 1. The maximum Gasteiger partial charge on any atom is 0.231 e. The van der Waals surface area contributed by atoms with Gasteiger partial charge in [0.2, 0.25) is 5.91 Å². The quantitative estimate of drug-likeness (QED) is 0.910. The van der Waals surface area contributed by atoms with Crippen LogP contribution in [0.2, 0.25) is 0 Å². The molecule has 1 aromatic carbocycles. The third kappa shape index (κ3) is 2.95. The van der Waals surface area contributed by atoms with E-state index in [-0.39, 0.29) is 29.8 Å². The second-order valence-electron chi connectivity index (χ2n) is 6.54. The first kappa shape index (κ1) is 17.1. The Morgan fingerprint density at radius 2 is 2.18 bits per heavy atom. The molecule has 2 atom stereocenters. The molecule has 1 fully saturated rings. The van der Waals surface area contributed by atoms with Crippen molar-refractivity contribution in [3.63, 3.8) is 0 Å². The predicted molar refractivity (Wildman–Crippen MR) is 90.8 cm³/mol. The van der Waals surface area contributed by atoms with Crippen LogP contribution in [0.4, 0.5) is 5.69 Å². The van der Waals surface area contributed by atoms with Crippen molar-refractivity contribution in [3.8, 4) is 5.75 Å². The first-order valence-electron chi connectivity index (χ1n) is 7.80. The molecule has 5 heteroatoms. The molecule has 1 amide bonds. The highest BCUT2D eigenvalue weighted by Crippen LogP contribution is 2.37. The topological polar surface area (TPSA) is 55.6 Å². The molecular formula is C17H25ClN2O2. The first-order chi connectivity index (χ1) is 10.0. The van der Waals surface area contributed by atoms with E-state index in [1.54, 1.807) is 7.11 Å². The van der Waals surface area contributed by atoms with Crippen LogP contribution in [0.25, 0.3) is 0 Å². The van der Waals surface area contributed by atoms with Crippen LogP contribution in [0.1, 0.15) is 38.2 Å². The highest BCUT2D eigenvalue weighted by molar-refractivity contribution is 5.98. The molecule has 1 heterocycles. The van der Waals surface area contributed by atoms with Crippen LogP contribution in [0, 0.1) is 5.92 Å². The Morgan fingerprint density at radius 3 is 2.86 bits per heavy atom. The molecule has 22 heavy (non-hydrogen) atoms. The summed E-state index contributed by atoms with van der Waals surface area (Å²) in [6.45, 7) is 2.79. The lowest BCUT2D eigenvalue weighted by atomic mass is 9.74. The lowest BCUT2D eigenvalue weighted by Gasteiger charge is -2.39. The van der Waals surface area contributed by atoms with Crippen molar-refractivity contribution >= 4 is 24.0 Å². The molecule has 2 aliphatic rings. The van der Waals surface area contributed by atoms with Crippen LogP contribution in [-0.4, -0.2) is 25.1 Å². The second-order valence-corrected chi connectivity index (χ2v) is 6.54. The minimum absolute atomic E-state index is 0. The largest absolute Gasteiger partial charge is 0.497 e. The zero-order valence-electron chi connectivity index (χ0n) is 13.3. The van der Waals surface area contributed by atoms with Crippen molar-refractivity contribution in [2.45, 2.75) is 44.6 Å². The van der Waals surface area contributed by atoms with Gasteiger partial charge in [-0.05, 0) is 49.9 Å². The average molecular weight is 325 g/mol. The summed E-state index contributed by atoms with van der Waals surface area (Å²) in [6, 6.07) is 5.95. The van der Waals surface area contributed by atoms with Gasteiger partial charge in [-0.15, -0.1) is 12.4 Å². The summed E-state index contributed by atoms with van der Waals surface area (Å²) in [4.78, 5) is 14.9. The smallest absolute Gasteiger partial charge is 0.231 e. The normalized spacial score (nSPS) is 27.0. The summed E-state index contributed by atoms with van der Waals surface area (Å²) >= 11 is 0. The number of anilines is 1. The Bertz CT molecular complexity index is 560. The lowest BCUT2D eigenvalue weighted by molar-refractivity contribution is -0.125. The molecule has 3 rings (SSSR count). The number of carbonyl (C=O) groups excluding carboxylic acids is 1. The zero-order valence-corrected chi connectivity index (χ0v) is 14.1. The van der Waals surface area contributed by atoms with Crippen LogP contribution >= 0.6 is 12.4 Å². The van der Waals surface area contributed by atoms with E-state index in [1.165, 1.54) is 5.56 Å². The van der Waals surface area contributed by atoms with Crippen LogP contribution in [-0.2, 0) is 11.2 Å². The van der Waals surface area contributed by atoms with Gasteiger partial charge in [0, 0.05) is 17.8 Å². The number of halogens is 1. The van der Waals surface area contributed by atoms with Crippen molar-refractivity contribution < 1.29 is 9.53 Å². The number of amides is 1. The Balaban J connectivity index is 0.00000176. The number of methoxy groups -OCH3 is 1. The molecule has 1 aliphatic carbocycles. The third-order valence-corrected chi connectivity index (χ3v) is 5.00. The summed E-state index contributed by atoms with van der Waals surface area (Å²) < 4.78 is 5.26. The second kappa shape index (κ2) is 6.47. The molecule has 4 nitrogen and oxygen atoms in total. The van der Waals surface area contributed by atoms with Gasteiger partial charge in [0.1, 0.15) is 5.75 Å². The Morgan fingerprint density at radius 1 is 1.41 bits per heavy atom. The zero-order chi connectivity index (χ0) is 15.0. The van der Waals surface area contributed by atoms with E-state index in [0.717, 1.165) is 50.1 Å². The fourth-order valence-corrected chi connectivity index (χ4v) is 3.69. The van der Waals surface area contributed by atoms with Gasteiger partial charge < -0.3 is 15.4 Å². The molecule has 122 valence electrons. The number of hydrogen-bond donors (Lipinski definition) is 1. The maximum absolute atomic E-state index is 12.9. The van der Waals surface area contributed by atoms with Crippen molar-refractivity contribution in [1.82, 2.24) is 0 Å². The molecule has 1 aliphatic heterocycles. The summed E-state index contributed by atoms with van der Waals surface area (Å²) in [7, 11) is 1.67. The molecule has 1 aromatic rings. The number of nitrogens with zero attached hydrogens (tertiary/aromatic N) is 1. The number of carbonyl (C=O) groups is 1. The molecule has 0 bridgehead atoms. The Labute approximate surface area is 138 Å². The fourth-order valence-electron chi connectivity index (χ4n) is 3.69. The van der Waals surface area contributed by atoms with Crippen molar-refractivity contribution in [3.05, 3.63) is 23.8 Å². The molecule has 0 aromatic heterocycles. The summed E-state index contributed by atoms with van der Waals surface area (Å²) in [5, 5.41) is 0. The number of fused-ring (bicyclic) bond motifs is 1. The van der Waals surface area contributed by atoms with E-state index in [0.29, 0.717) is 0 Å². The molecule has 1 saturated carbocycles. The van der Waals surface area contributed by atoms with Gasteiger partial charge in [-0.25, -0.2) is 0 Å². The third-order valence-electron chi connectivity index (χ3n) is 5.00. The number of hydrogen-bond acceptors (Lipinski definition) is 3.